The Bertz CT molecular complexity index is 505. The van der Waals surface area contributed by atoms with Crippen molar-refractivity contribution in [1.82, 2.24) is 4.90 Å². The molecule has 0 aliphatic carbocycles. The number of rotatable bonds is 4. The molecule has 1 aliphatic rings. The second kappa shape index (κ2) is 7.82. The number of nitrogens with two attached hydrogens (primary N) is 1. The first-order valence-corrected chi connectivity index (χ1v) is 6.15. The van der Waals surface area contributed by atoms with Crippen LogP contribution in [0, 0.1) is 22.7 Å². The van der Waals surface area contributed by atoms with Crippen LogP contribution in [0.1, 0.15) is 6.92 Å². The molecule has 0 amide bonds. The summed E-state index contributed by atoms with van der Waals surface area (Å²) >= 11 is 0. The molecule has 2 N–H and O–H groups in total. The zero-order chi connectivity index (χ0) is 15.0. The van der Waals surface area contributed by atoms with E-state index < -0.39 is 5.97 Å². The van der Waals surface area contributed by atoms with Gasteiger partial charge >= 0.3 is 5.97 Å². The lowest BCUT2D eigenvalue weighted by molar-refractivity contribution is -0.138. The molecule has 20 heavy (non-hydrogen) atoms. The maximum absolute atomic E-state index is 11.5. The van der Waals surface area contributed by atoms with Crippen LogP contribution in [0.5, 0.6) is 0 Å². The third-order valence-corrected chi connectivity index (χ3v) is 2.65. The molecular formula is C13H16N4O3. The average molecular weight is 276 g/mol. The largest absolute Gasteiger partial charge is 0.462 e. The van der Waals surface area contributed by atoms with Crippen molar-refractivity contribution >= 4 is 5.97 Å². The van der Waals surface area contributed by atoms with Crippen LogP contribution in [-0.4, -0.2) is 43.8 Å². The molecule has 0 spiro atoms. The van der Waals surface area contributed by atoms with Crippen molar-refractivity contribution in [2.24, 2.45) is 5.73 Å². The molecule has 0 aromatic heterocycles. The summed E-state index contributed by atoms with van der Waals surface area (Å²) in [6, 6.07) is 3.61. The minimum atomic E-state index is -0.766. The summed E-state index contributed by atoms with van der Waals surface area (Å²) in [6.07, 6.45) is 1.16. The van der Waals surface area contributed by atoms with Crippen LogP contribution in [-0.2, 0) is 14.3 Å². The minimum absolute atomic E-state index is 0.0662. The van der Waals surface area contributed by atoms with E-state index in [1.807, 2.05) is 6.07 Å². The molecule has 1 aliphatic heterocycles. The Morgan fingerprint density at radius 1 is 1.40 bits per heavy atom. The average Bonchev–Trinajstić information content (AvgIpc) is 2.49. The summed E-state index contributed by atoms with van der Waals surface area (Å²) in [6.45, 7) is 3.95. The number of nitriles is 2. The third-order valence-electron chi connectivity index (χ3n) is 2.65. The maximum atomic E-state index is 11.5. The molecule has 7 nitrogen and oxygen atoms in total. The van der Waals surface area contributed by atoms with Crippen LogP contribution in [0.2, 0.25) is 0 Å². The van der Waals surface area contributed by atoms with Crippen LogP contribution < -0.4 is 5.73 Å². The summed E-state index contributed by atoms with van der Waals surface area (Å²) in [4.78, 5) is 13.3. The molecule has 1 fully saturated rings. The van der Waals surface area contributed by atoms with Crippen molar-refractivity contribution in [2.75, 3.05) is 32.9 Å². The van der Waals surface area contributed by atoms with Crippen molar-refractivity contribution in [3.8, 4) is 12.1 Å². The fraction of sp³-hybridized carbons (Fsp3) is 0.462. The van der Waals surface area contributed by atoms with Gasteiger partial charge in [0.15, 0.2) is 0 Å². The van der Waals surface area contributed by atoms with E-state index in [1.54, 1.807) is 17.9 Å². The van der Waals surface area contributed by atoms with Crippen LogP contribution in [0.15, 0.2) is 23.0 Å². The molecule has 0 unspecified atom stereocenters. The topological polar surface area (TPSA) is 112 Å². The van der Waals surface area contributed by atoms with Gasteiger partial charge in [0.1, 0.15) is 23.5 Å². The number of esters is 1. The van der Waals surface area contributed by atoms with Gasteiger partial charge in [0, 0.05) is 13.1 Å². The highest BCUT2D eigenvalue weighted by Gasteiger charge is 2.17. The summed E-state index contributed by atoms with van der Waals surface area (Å²) in [5.41, 5.74) is 5.72. The number of hydrogen-bond donors (Lipinski definition) is 1. The Kier molecular flexibility index (Phi) is 6.08. The Morgan fingerprint density at radius 3 is 2.55 bits per heavy atom. The van der Waals surface area contributed by atoms with Gasteiger partial charge in [0.05, 0.1) is 25.4 Å². The highest BCUT2D eigenvalue weighted by Crippen LogP contribution is 2.11. The molecule has 106 valence electrons. The Balaban J connectivity index is 3.01. The van der Waals surface area contributed by atoms with Gasteiger partial charge in [-0.25, -0.2) is 4.79 Å². The van der Waals surface area contributed by atoms with Crippen molar-refractivity contribution < 1.29 is 14.3 Å². The Labute approximate surface area is 117 Å². The molecule has 7 heteroatoms. The summed E-state index contributed by atoms with van der Waals surface area (Å²) < 4.78 is 9.92. The van der Waals surface area contributed by atoms with Gasteiger partial charge < -0.3 is 20.1 Å². The van der Waals surface area contributed by atoms with E-state index in [0.717, 1.165) is 6.08 Å². The molecule has 0 bridgehead atoms. The quantitative estimate of drug-likeness (QED) is 0.333. The number of carbonyl (C=O) groups excluding carboxylic acids is 1. The fourth-order valence-electron chi connectivity index (χ4n) is 1.63. The van der Waals surface area contributed by atoms with Crippen molar-refractivity contribution in [3.05, 3.63) is 23.0 Å². The number of carbonyl (C=O) groups is 1. The second-order valence-electron chi connectivity index (χ2n) is 3.90. The highest BCUT2D eigenvalue weighted by molar-refractivity contribution is 5.93. The van der Waals surface area contributed by atoms with Gasteiger partial charge in [-0.2, -0.15) is 10.5 Å². The smallest absolute Gasteiger partial charge is 0.348 e. The van der Waals surface area contributed by atoms with Crippen molar-refractivity contribution in [3.63, 3.8) is 0 Å². The van der Waals surface area contributed by atoms with E-state index in [-0.39, 0.29) is 23.6 Å². The zero-order valence-corrected chi connectivity index (χ0v) is 11.3. The first-order chi connectivity index (χ1) is 9.63. The summed E-state index contributed by atoms with van der Waals surface area (Å²) in [7, 11) is 0. The molecule has 0 saturated carbocycles. The first-order valence-electron chi connectivity index (χ1n) is 6.15. The van der Waals surface area contributed by atoms with E-state index in [2.05, 4.69) is 0 Å². The standard InChI is InChI=1S/C13H16N4O3/c1-2-20-13(18)11(9-15)7-10(8-14)12(16)17-3-5-19-6-4-17/h7H,2-6,16H2,1H3/b11-7+,12-10+. The fourth-order valence-corrected chi connectivity index (χ4v) is 1.63. The molecule has 0 aromatic carbocycles. The van der Waals surface area contributed by atoms with E-state index >= 15 is 0 Å². The lowest BCUT2D eigenvalue weighted by Crippen LogP contribution is -2.39. The molecule has 1 saturated heterocycles. The van der Waals surface area contributed by atoms with Crippen molar-refractivity contribution in [1.29, 1.82) is 10.5 Å². The number of morpholine rings is 1. The second-order valence-corrected chi connectivity index (χ2v) is 3.90. The third kappa shape index (κ3) is 4.01. The monoisotopic (exact) mass is 276 g/mol. The van der Waals surface area contributed by atoms with E-state index in [1.165, 1.54) is 0 Å². The summed E-state index contributed by atoms with van der Waals surface area (Å²) in [5, 5.41) is 18.1. The van der Waals surface area contributed by atoms with E-state index in [0.29, 0.717) is 26.3 Å². The maximum Gasteiger partial charge on any atom is 0.348 e. The first kappa shape index (κ1) is 15.5. The molecule has 0 atom stereocenters. The molecular weight excluding hydrogens is 260 g/mol. The Hall–Kier alpha value is -2.51. The predicted octanol–water partition coefficient (Wildman–Crippen LogP) is 0.0256. The normalized spacial score (nSPS) is 16.8. The van der Waals surface area contributed by atoms with Gasteiger partial charge in [-0.05, 0) is 13.0 Å². The SMILES string of the molecule is CCOC(=O)/C(C#N)=C/C(C#N)=C(/N)N1CCOCC1. The summed E-state index contributed by atoms with van der Waals surface area (Å²) in [5.74, 6) is -0.537. The minimum Gasteiger partial charge on any atom is -0.462 e. The van der Waals surface area contributed by atoms with Crippen LogP contribution in [0.25, 0.3) is 0 Å². The number of hydrogen-bond acceptors (Lipinski definition) is 7. The van der Waals surface area contributed by atoms with Gasteiger partial charge in [-0.15, -0.1) is 0 Å². The lowest BCUT2D eigenvalue weighted by atomic mass is 10.1. The number of nitrogens with zero attached hydrogens (tertiary/aromatic N) is 3. The van der Waals surface area contributed by atoms with Crippen LogP contribution in [0.4, 0.5) is 0 Å². The van der Waals surface area contributed by atoms with Gasteiger partial charge in [-0.3, -0.25) is 0 Å². The molecule has 0 aromatic rings. The van der Waals surface area contributed by atoms with E-state index in [9.17, 15) is 4.79 Å². The zero-order valence-electron chi connectivity index (χ0n) is 11.3. The Morgan fingerprint density at radius 2 is 2.05 bits per heavy atom. The van der Waals surface area contributed by atoms with Crippen LogP contribution in [0.3, 0.4) is 0 Å². The van der Waals surface area contributed by atoms with Gasteiger partial charge in [-0.1, -0.05) is 0 Å². The van der Waals surface area contributed by atoms with Gasteiger partial charge in [0.2, 0.25) is 0 Å². The number of ether oxygens (including phenoxy) is 2. The molecule has 1 heterocycles. The van der Waals surface area contributed by atoms with Crippen molar-refractivity contribution in [2.45, 2.75) is 6.92 Å². The number of allylic oxidation sites excluding steroid dienone is 2. The van der Waals surface area contributed by atoms with E-state index in [4.69, 9.17) is 25.7 Å². The van der Waals surface area contributed by atoms with Gasteiger partial charge in [0.25, 0.3) is 0 Å². The molecule has 0 radical (unpaired) electrons. The highest BCUT2D eigenvalue weighted by atomic mass is 16.5. The predicted molar refractivity (Wildman–Crippen MR) is 69.5 cm³/mol. The lowest BCUT2D eigenvalue weighted by Gasteiger charge is -2.29. The van der Waals surface area contributed by atoms with Crippen LogP contribution >= 0.6 is 0 Å². The molecule has 1 rings (SSSR count).